The minimum Gasteiger partial charge on any atom is -0.349 e. The Balaban J connectivity index is 1.65. The van der Waals surface area contributed by atoms with Crippen LogP contribution in [-0.2, 0) is 4.79 Å². The van der Waals surface area contributed by atoms with E-state index in [4.69, 9.17) is 0 Å². The molecular formula is C17H23NO. The largest absolute Gasteiger partial charge is 0.349 e. The van der Waals surface area contributed by atoms with Crippen LogP contribution in [0.3, 0.4) is 0 Å². The van der Waals surface area contributed by atoms with Crippen molar-refractivity contribution in [1.82, 2.24) is 5.32 Å². The minimum atomic E-state index is 0.115. The lowest BCUT2D eigenvalue weighted by molar-refractivity contribution is -0.125. The average Bonchev–Trinajstić information content (AvgIpc) is 2.99. The van der Waals surface area contributed by atoms with E-state index in [0.29, 0.717) is 0 Å². The average molecular weight is 257 g/mol. The van der Waals surface area contributed by atoms with Crippen molar-refractivity contribution in [3.63, 3.8) is 0 Å². The van der Waals surface area contributed by atoms with Crippen LogP contribution in [-0.4, -0.2) is 5.91 Å². The van der Waals surface area contributed by atoms with Gasteiger partial charge in [0.15, 0.2) is 0 Å². The number of fused-ring (bicyclic) bond motifs is 1. The molecule has 0 bridgehead atoms. The molecular weight excluding hydrogens is 234 g/mol. The number of benzene rings is 1. The monoisotopic (exact) mass is 257 g/mol. The molecule has 0 aliphatic heterocycles. The van der Waals surface area contributed by atoms with Crippen LogP contribution in [0.1, 0.15) is 48.9 Å². The minimum absolute atomic E-state index is 0.115. The second-order valence-electron chi connectivity index (χ2n) is 6.51. The van der Waals surface area contributed by atoms with Gasteiger partial charge in [0.25, 0.3) is 0 Å². The van der Waals surface area contributed by atoms with Crippen molar-refractivity contribution in [2.24, 2.45) is 17.8 Å². The second kappa shape index (κ2) is 4.66. The van der Waals surface area contributed by atoms with E-state index < -0.39 is 0 Å². The molecule has 1 aromatic carbocycles. The second-order valence-corrected chi connectivity index (χ2v) is 6.51. The summed E-state index contributed by atoms with van der Waals surface area (Å²) in [7, 11) is 0. The highest BCUT2D eigenvalue weighted by Gasteiger charge is 2.48. The van der Waals surface area contributed by atoms with Gasteiger partial charge in [0.2, 0.25) is 5.91 Å². The van der Waals surface area contributed by atoms with Crippen molar-refractivity contribution >= 4 is 5.91 Å². The highest BCUT2D eigenvalue weighted by atomic mass is 16.1. The first-order chi connectivity index (χ1) is 9.04. The number of hydrogen-bond acceptors (Lipinski definition) is 1. The Morgan fingerprint density at radius 1 is 1.21 bits per heavy atom. The third kappa shape index (κ3) is 2.54. The summed E-state index contributed by atoms with van der Waals surface area (Å²) in [5, 5.41) is 3.21. The first-order valence-corrected chi connectivity index (χ1v) is 7.42. The Bertz CT molecular complexity index is 498. The van der Waals surface area contributed by atoms with Gasteiger partial charge in [-0.2, -0.15) is 0 Å². The molecule has 1 amide bonds. The highest BCUT2D eigenvalue weighted by molar-refractivity contribution is 5.79. The molecule has 0 saturated heterocycles. The topological polar surface area (TPSA) is 29.1 Å². The van der Waals surface area contributed by atoms with E-state index in [9.17, 15) is 4.79 Å². The quantitative estimate of drug-likeness (QED) is 0.882. The molecule has 2 saturated carbocycles. The normalized spacial score (nSPS) is 29.7. The van der Waals surface area contributed by atoms with Crippen LogP contribution in [0.15, 0.2) is 18.2 Å². The van der Waals surface area contributed by atoms with Crippen molar-refractivity contribution in [3.8, 4) is 0 Å². The Morgan fingerprint density at radius 3 is 2.58 bits per heavy atom. The first-order valence-electron chi connectivity index (χ1n) is 7.42. The number of hydrogen-bond donors (Lipinski definition) is 1. The molecule has 0 heterocycles. The van der Waals surface area contributed by atoms with E-state index in [1.54, 1.807) is 0 Å². The van der Waals surface area contributed by atoms with Gasteiger partial charge in [-0.05, 0) is 63.0 Å². The third-order valence-electron chi connectivity index (χ3n) is 4.87. The SMILES string of the molecule is Cc1ccc(C)c(C(C)NC(=O)C2CC3CC3C2)c1. The number of amides is 1. The van der Waals surface area contributed by atoms with Crippen LogP contribution in [0.5, 0.6) is 0 Å². The molecule has 2 nitrogen and oxygen atoms in total. The lowest BCUT2D eigenvalue weighted by atomic mass is 9.98. The molecule has 0 aromatic heterocycles. The summed E-state index contributed by atoms with van der Waals surface area (Å²) in [6.45, 7) is 6.31. The summed E-state index contributed by atoms with van der Waals surface area (Å²) >= 11 is 0. The Labute approximate surface area is 115 Å². The van der Waals surface area contributed by atoms with Crippen LogP contribution in [0.2, 0.25) is 0 Å². The standard InChI is InChI=1S/C17H23NO/c1-10-4-5-11(2)16(6-10)12(3)18-17(19)15-8-13-7-14(13)9-15/h4-6,12-15H,7-9H2,1-3H3,(H,18,19). The zero-order valence-electron chi connectivity index (χ0n) is 12.1. The molecule has 2 aliphatic carbocycles. The summed E-state index contributed by atoms with van der Waals surface area (Å²) in [5.41, 5.74) is 3.76. The van der Waals surface area contributed by atoms with E-state index in [1.807, 2.05) is 0 Å². The molecule has 3 rings (SSSR count). The maximum atomic E-state index is 12.3. The molecule has 2 heteroatoms. The van der Waals surface area contributed by atoms with Crippen LogP contribution in [0, 0.1) is 31.6 Å². The summed E-state index contributed by atoms with van der Waals surface area (Å²) in [5.74, 6) is 2.27. The molecule has 0 spiro atoms. The third-order valence-corrected chi connectivity index (χ3v) is 4.87. The first kappa shape index (κ1) is 12.7. The van der Waals surface area contributed by atoms with Crippen molar-refractivity contribution < 1.29 is 4.79 Å². The maximum Gasteiger partial charge on any atom is 0.223 e. The Hall–Kier alpha value is -1.31. The van der Waals surface area contributed by atoms with Crippen molar-refractivity contribution in [1.29, 1.82) is 0 Å². The van der Waals surface area contributed by atoms with Gasteiger partial charge in [-0.25, -0.2) is 0 Å². The maximum absolute atomic E-state index is 12.3. The van der Waals surface area contributed by atoms with Gasteiger partial charge in [0.1, 0.15) is 0 Å². The fourth-order valence-electron chi connectivity index (χ4n) is 3.56. The molecule has 2 fully saturated rings. The lowest BCUT2D eigenvalue weighted by Crippen LogP contribution is -2.32. The van der Waals surface area contributed by atoms with Gasteiger partial charge in [0, 0.05) is 5.92 Å². The van der Waals surface area contributed by atoms with Gasteiger partial charge < -0.3 is 5.32 Å². The van der Waals surface area contributed by atoms with E-state index >= 15 is 0 Å². The van der Waals surface area contributed by atoms with E-state index in [1.165, 1.54) is 23.1 Å². The Kier molecular flexibility index (Phi) is 3.12. The molecule has 19 heavy (non-hydrogen) atoms. The van der Waals surface area contributed by atoms with Crippen LogP contribution in [0.25, 0.3) is 0 Å². The molecule has 102 valence electrons. The van der Waals surface area contributed by atoms with E-state index in [0.717, 1.165) is 24.7 Å². The van der Waals surface area contributed by atoms with Gasteiger partial charge in [-0.3, -0.25) is 4.79 Å². The van der Waals surface area contributed by atoms with Gasteiger partial charge in [0.05, 0.1) is 6.04 Å². The summed E-state index contributed by atoms with van der Waals surface area (Å²) in [6, 6.07) is 6.56. The number of carbonyl (C=O) groups is 1. The Morgan fingerprint density at radius 2 is 1.89 bits per heavy atom. The number of aryl methyl sites for hydroxylation is 2. The highest BCUT2D eigenvalue weighted by Crippen LogP contribution is 2.54. The van der Waals surface area contributed by atoms with Crippen molar-refractivity contribution in [2.75, 3.05) is 0 Å². The summed E-state index contributed by atoms with van der Waals surface area (Å²) in [6.07, 6.45) is 3.61. The van der Waals surface area contributed by atoms with Gasteiger partial charge in [-0.1, -0.05) is 23.8 Å². The smallest absolute Gasteiger partial charge is 0.223 e. The zero-order valence-corrected chi connectivity index (χ0v) is 12.1. The number of rotatable bonds is 3. The summed E-state index contributed by atoms with van der Waals surface area (Å²) in [4.78, 5) is 12.3. The van der Waals surface area contributed by atoms with Crippen LogP contribution in [0.4, 0.5) is 0 Å². The van der Waals surface area contributed by atoms with Crippen LogP contribution < -0.4 is 5.32 Å². The van der Waals surface area contributed by atoms with Gasteiger partial charge >= 0.3 is 0 Å². The molecule has 3 unspecified atom stereocenters. The predicted molar refractivity (Wildman–Crippen MR) is 76.8 cm³/mol. The predicted octanol–water partition coefficient (Wildman–Crippen LogP) is 3.53. The molecule has 2 aliphatic rings. The fraction of sp³-hybridized carbons (Fsp3) is 0.588. The van der Waals surface area contributed by atoms with Crippen molar-refractivity contribution in [3.05, 3.63) is 34.9 Å². The van der Waals surface area contributed by atoms with Gasteiger partial charge in [-0.15, -0.1) is 0 Å². The molecule has 3 atom stereocenters. The lowest BCUT2D eigenvalue weighted by Gasteiger charge is -2.20. The summed E-state index contributed by atoms with van der Waals surface area (Å²) < 4.78 is 0. The molecule has 1 aromatic rings. The number of nitrogens with one attached hydrogen (secondary N) is 1. The molecule has 1 N–H and O–H groups in total. The van der Waals surface area contributed by atoms with E-state index in [2.05, 4.69) is 44.3 Å². The number of carbonyl (C=O) groups excluding carboxylic acids is 1. The van der Waals surface area contributed by atoms with Crippen LogP contribution >= 0.6 is 0 Å². The zero-order chi connectivity index (χ0) is 13.6. The van der Waals surface area contributed by atoms with Crippen molar-refractivity contribution in [2.45, 2.75) is 46.1 Å². The van der Waals surface area contributed by atoms with E-state index in [-0.39, 0.29) is 17.9 Å². The molecule has 0 radical (unpaired) electrons. The fourth-order valence-corrected chi connectivity index (χ4v) is 3.56.